The van der Waals surface area contributed by atoms with Crippen LogP contribution in [0.25, 0.3) is 0 Å². The van der Waals surface area contributed by atoms with Crippen LogP contribution in [0.5, 0.6) is 0 Å². The smallest absolute Gasteiger partial charge is 0.310 e. The van der Waals surface area contributed by atoms with Crippen molar-refractivity contribution in [3.8, 4) is 0 Å². The van der Waals surface area contributed by atoms with E-state index in [1.165, 1.54) is 29.4 Å². The van der Waals surface area contributed by atoms with Crippen LogP contribution in [-0.2, 0) is 16.4 Å². The lowest BCUT2D eigenvalue weighted by Crippen LogP contribution is -2.51. The predicted octanol–water partition coefficient (Wildman–Crippen LogP) is 4.55. The van der Waals surface area contributed by atoms with Crippen molar-refractivity contribution in [2.24, 2.45) is 5.92 Å². The standard InChI is InChI=1S/C18H14I2O2/c1-22-16(21)15-10-17(19)11-6-2-4-8-13(11)18(15,20)14-9-5-3-7-12(14)17/h2-9,15H,10H2,1H3. The lowest BCUT2D eigenvalue weighted by molar-refractivity contribution is -0.147. The van der Waals surface area contributed by atoms with Gasteiger partial charge in [-0.15, -0.1) is 0 Å². The Morgan fingerprint density at radius 3 is 1.91 bits per heavy atom. The van der Waals surface area contributed by atoms with E-state index in [1.807, 2.05) is 0 Å². The molecule has 0 spiro atoms. The van der Waals surface area contributed by atoms with Crippen LogP contribution in [-0.4, -0.2) is 13.1 Å². The van der Waals surface area contributed by atoms with Crippen molar-refractivity contribution in [3.05, 3.63) is 70.8 Å². The van der Waals surface area contributed by atoms with Crippen molar-refractivity contribution in [3.63, 3.8) is 0 Å². The maximum absolute atomic E-state index is 12.5. The molecule has 0 radical (unpaired) electrons. The molecule has 2 aromatic carbocycles. The van der Waals surface area contributed by atoms with Crippen LogP contribution in [0, 0.1) is 5.92 Å². The van der Waals surface area contributed by atoms with Crippen LogP contribution in [0.4, 0.5) is 0 Å². The minimum atomic E-state index is -0.342. The molecule has 0 N–H and O–H groups in total. The molecule has 4 heteroatoms. The van der Waals surface area contributed by atoms with Gasteiger partial charge in [-0.2, -0.15) is 0 Å². The highest BCUT2D eigenvalue weighted by Crippen LogP contribution is 2.66. The second kappa shape index (κ2) is 4.93. The second-order valence-electron chi connectivity index (χ2n) is 5.88. The maximum Gasteiger partial charge on any atom is 0.310 e. The van der Waals surface area contributed by atoms with Gasteiger partial charge in [-0.1, -0.05) is 93.7 Å². The summed E-state index contributed by atoms with van der Waals surface area (Å²) in [6.07, 6.45) is 0.789. The number of ether oxygens (including phenoxy) is 1. The number of carbonyl (C=O) groups excluding carboxylic acids is 1. The van der Waals surface area contributed by atoms with Crippen molar-refractivity contribution in [2.75, 3.05) is 7.11 Å². The maximum atomic E-state index is 12.5. The van der Waals surface area contributed by atoms with Gasteiger partial charge < -0.3 is 4.74 Å². The van der Waals surface area contributed by atoms with Crippen LogP contribution in [0.1, 0.15) is 28.7 Å². The molecule has 0 aliphatic heterocycles. The number of methoxy groups -OCH3 is 1. The molecule has 0 fully saturated rings. The number of halogens is 2. The second-order valence-corrected chi connectivity index (χ2v) is 9.43. The van der Waals surface area contributed by atoms with E-state index in [4.69, 9.17) is 4.74 Å². The molecule has 1 atom stereocenters. The summed E-state index contributed by atoms with van der Waals surface area (Å²) in [5.41, 5.74) is 5.18. The van der Waals surface area contributed by atoms with Gasteiger partial charge >= 0.3 is 5.97 Å². The molecule has 22 heavy (non-hydrogen) atoms. The zero-order valence-electron chi connectivity index (χ0n) is 12.0. The Morgan fingerprint density at radius 1 is 1.00 bits per heavy atom. The van der Waals surface area contributed by atoms with Gasteiger partial charge in [-0.05, 0) is 28.7 Å². The quantitative estimate of drug-likeness (QED) is 0.316. The number of hydrogen-bond donors (Lipinski definition) is 0. The van der Waals surface area contributed by atoms with Gasteiger partial charge in [0.1, 0.15) is 0 Å². The minimum absolute atomic E-state index is 0.112. The Bertz CT molecular complexity index is 737. The number of esters is 1. The molecular formula is C18H14I2O2. The summed E-state index contributed by atoms with van der Waals surface area (Å²) in [6, 6.07) is 17.1. The van der Waals surface area contributed by atoms with Crippen molar-refractivity contribution in [1.29, 1.82) is 0 Å². The highest BCUT2D eigenvalue weighted by Gasteiger charge is 2.61. The average Bonchev–Trinajstić information content (AvgIpc) is 2.57. The van der Waals surface area contributed by atoms with Gasteiger partial charge in [-0.25, -0.2) is 0 Å². The largest absolute Gasteiger partial charge is 0.469 e. The highest BCUT2D eigenvalue weighted by molar-refractivity contribution is 14.1. The molecule has 1 unspecified atom stereocenters. The number of carbonyl (C=O) groups is 1. The average molecular weight is 516 g/mol. The summed E-state index contributed by atoms with van der Waals surface area (Å²) in [5, 5.41) is 0. The molecule has 2 aromatic rings. The first-order chi connectivity index (χ1) is 10.5. The normalized spacial score (nSPS) is 31.3. The Kier molecular flexibility index (Phi) is 3.35. The van der Waals surface area contributed by atoms with Gasteiger partial charge in [0.2, 0.25) is 0 Å². The first-order valence-electron chi connectivity index (χ1n) is 7.19. The lowest BCUT2D eigenvalue weighted by Gasteiger charge is -2.54. The van der Waals surface area contributed by atoms with Crippen LogP contribution in [0.2, 0.25) is 0 Å². The van der Waals surface area contributed by atoms with Crippen LogP contribution >= 0.6 is 45.2 Å². The molecule has 0 aromatic heterocycles. The third kappa shape index (κ3) is 1.68. The zero-order valence-corrected chi connectivity index (χ0v) is 16.3. The van der Waals surface area contributed by atoms with Gasteiger partial charge in [0.25, 0.3) is 0 Å². The Labute approximate surface area is 156 Å². The first kappa shape index (κ1) is 14.9. The van der Waals surface area contributed by atoms with E-state index < -0.39 is 0 Å². The third-order valence-corrected chi connectivity index (χ3v) is 8.46. The number of alkyl halides is 2. The molecule has 0 saturated carbocycles. The number of fused-ring (bicyclic) bond motifs is 1. The molecule has 0 heterocycles. The molecule has 112 valence electrons. The Balaban J connectivity index is 2.10. The van der Waals surface area contributed by atoms with E-state index >= 15 is 0 Å². The summed E-state index contributed by atoms with van der Waals surface area (Å²) in [4.78, 5) is 12.5. The van der Waals surface area contributed by atoms with E-state index in [1.54, 1.807) is 0 Å². The fraction of sp³-hybridized carbons (Fsp3) is 0.278. The number of hydrogen-bond acceptors (Lipinski definition) is 2. The van der Waals surface area contributed by atoms with Gasteiger partial charge in [-0.3, -0.25) is 4.79 Å². The Morgan fingerprint density at radius 2 is 1.45 bits per heavy atom. The summed E-state index contributed by atoms with van der Waals surface area (Å²) in [5.74, 6) is -0.265. The molecule has 2 nitrogen and oxygen atoms in total. The number of rotatable bonds is 1. The zero-order chi connectivity index (χ0) is 15.5. The highest BCUT2D eigenvalue weighted by atomic mass is 127. The van der Waals surface area contributed by atoms with Gasteiger partial charge in [0.05, 0.1) is 19.9 Å². The molecule has 2 bridgehead atoms. The SMILES string of the molecule is COC(=O)C1CC2(I)c3ccccc3C1(I)c1ccccc12. The van der Waals surface area contributed by atoms with Crippen LogP contribution in [0.3, 0.4) is 0 Å². The molecule has 5 rings (SSSR count). The van der Waals surface area contributed by atoms with Crippen LogP contribution in [0.15, 0.2) is 48.5 Å². The molecular weight excluding hydrogens is 502 g/mol. The van der Waals surface area contributed by atoms with E-state index in [0.29, 0.717) is 0 Å². The Hall–Kier alpha value is -0.630. The van der Waals surface area contributed by atoms with Crippen molar-refractivity contribution in [2.45, 2.75) is 13.3 Å². The van der Waals surface area contributed by atoms with E-state index in [-0.39, 0.29) is 18.7 Å². The van der Waals surface area contributed by atoms with Crippen molar-refractivity contribution >= 4 is 51.2 Å². The van der Waals surface area contributed by atoms with Gasteiger partial charge in [0.15, 0.2) is 0 Å². The van der Waals surface area contributed by atoms with E-state index in [9.17, 15) is 4.79 Å². The summed E-state index contributed by atoms with van der Waals surface area (Å²) in [6.45, 7) is 0. The third-order valence-electron chi connectivity index (χ3n) is 4.94. The summed E-state index contributed by atoms with van der Waals surface area (Å²) < 4.78 is 4.64. The topological polar surface area (TPSA) is 26.3 Å². The summed E-state index contributed by atoms with van der Waals surface area (Å²) in [7, 11) is 1.49. The van der Waals surface area contributed by atoms with Crippen molar-refractivity contribution in [1.82, 2.24) is 0 Å². The fourth-order valence-electron chi connectivity index (χ4n) is 3.99. The minimum Gasteiger partial charge on any atom is -0.469 e. The fourth-order valence-corrected chi connectivity index (χ4v) is 6.78. The predicted molar refractivity (Wildman–Crippen MR) is 103 cm³/mol. The lowest BCUT2D eigenvalue weighted by atomic mass is 9.59. The molecule has 0 saturated heterocycles. The van der Waals surface area contributed by atoms with E-state index in [0.717, 1.165) is 6.42 Å². The van der Waals surface area contributed by atoms with Gasteiger partial charge in [0, 0.05) is 0 Å². The first-order valence-corrected chi connectivity index (χ1v) is 9.35. The van der Waals surface area contributed by atoms with E-state index in [2.05, 4.69) is 93.7 Å². The monoisotopic (exact) mass is 516 g/mol. The van der Waals surface area contributed by atoms with Crippen LogP contribution < -0.4 is 0 Å². The molecule has 3 aliphatic rings. The van der Waals surface area contributed by atoms with Crippen molar-refractivity contribution < 1.29 is 9.53 Å². The molecule has 3 aliphatic carbocycles. The number of benzene rings is 2. The summed E-state index contributed by atoms with van der Waals surface area (Å²) >= 11 is 5.01. The molecule has 0 amide bonds.